The minimum Gasteiger partial charge on any atom is -0.389 e. The largest absolute Gasteiger partial charge is 0.389 e. The minimum absolute atomic E-state index is 0.364. The standard InChI is InChI=1S/C15H31NO2/c1-4-12(2)9-16-10-14(17)11-18-15-8-6-5-7-13(15)3/h12-17H,4-11H2,1-3H3. The molecule has 3 heteroatoms. The maximum absolute atomic E-state index is 9.86. The van der Waals surface area contributed by atoms with Crippen molar-refractivity contribution >= 4 is 0 Å². The maximum atomic E-state index is 9.86. The molecule has 18 heavy (non-hydrogen) atoms. The number of hydrogen-bond acceptors (Lipinski definition) is 3. The van der Waals surface area contributed by atoms with Gasteiger partial charge in [0.1, 0.15) is 0 Å². The van der Waals surface area contributed by atoms with Crippen LogP contribution in [0.1, 0.15) is 52.9 Å². The normalized spacial score (nSPS) is 28.0. The summed E-state index contributed by atoms with van der Waals surface area (Å²) in [7, 11) is 0. The highest BCUT2D eigenvalue weighted by molar-refractivity contribution is 4.73. The van der Waals surface area contributed by atoms with E-state index in [0.717, 1.165) is 13.0 Å². The Bertz CT molecular complexity index is 211. The van der Waals surface area contributed by atoms with Gasteiger partial charge in [-0.25, -0.2) is 0 Å². The molecule has 0 aliphatic heterocycles. The zero-order valence-corrected chi connectivity index (χ0v) is 12.3. The first-order valence-corrected chi connectivity index (χ1v) is 7.63. The lowest BCUT2D eigenvalue weighted by Crippen LogP contribution is -2.35. The molecular weight excluding hydrogens is 226 g/mol. The molecule has 4 atom stereocenters. The van der Waals surface area contributed by atoms with Crippen LogP contribution in [0.4, 0.5) is 0 Å². The zero-order valence-electron chi connectivity index (χ0n) is 12.3. The van der Waals surface area contributed by atoms with Gasteiger partial charge in [-0.3, -0.25) is 0 Å². The van der Waals surface area contributed by atoms with Crippen molar-refractivity contribution in [2.45, 2.75) is 65.1 Å². The van der Waals surface area contributed by atoms with Gasteiger partial charge in [0.2, 0.25) is 0 Å². The Morgan fingerprint density at radius 3 is 2.67 bits per heavy atom. The second-order valence-electron chi connectivity index (χ2n) is 5.96. The van der Waals surface area contributed by atoms with E-state index in [1.54, 1.807) is 0 Å². The molecular formula is C15H31NO2. The number of ether oxygens (including phenoxy) is 1. The van der Waals surface area contributed by atoms with Gasteiger partial charge in [0.05, 0.1) is 18.8 Å². The lowest BCUT2D eigenvalue weighted by molar-refractivity contribution is -0.0452. The molecule has 0 radical (unpaired) electrons. The van der Waals surface area contributed by atoms with Crippen molar-refractivity contribution < 1.29 is 9.84 Å². The summed E-state index contributed by atoms with van der Waals surface area (Å²) in [5.74, 6) is 1.33. The predicted molar refractivity (Wildman–Crippen MR) is 75.7 cm³/mol. The molecule has 1 saturated carbocycles. The first-order valence-electron chi connectivity index (χ1n) is 7.63. The van der Waals surface area contributed by atoms with Crippen molar-refractivity contribution in [3.63, 3.8) is 0 Å². The van der Waals surface area contributed by atoms with Crippen molar-refractivity contribution in [1.82, 2.24) is 5.32 Å². The highest BCUT2D eigenvalue weighted by atomic mass is 16.5. The van der Waals surface area contributed by atoms with Crippen LogP contribution in [0.2, 0.25) is 0 Å². The van der Waals surface area contributed by atoms with Gasteiger partial charge in [0.25, 0.3) is 0 Å². The summed E-state index contributed by atoms with van der Waals surface area (Å²) < 4.78 is 5.85. The molecule has 0 heterocycles. The Hall–Kier alpha value is -0.120. The third kappa shape index (κ3) is 6.17. The molecule has 0 bridgehead atoms. The molecule has 0 amide bonds. The van der Waals surface area contributed by atoms with E-state index in [-0.39, 0.29) is 6.10 Å². The van der Waals surface area contributed by atoms with Crippen molar-refractivity contribution in [2.75, 3.05) is 19.7 Å². The van der Waals surface area contributed by atoms with Gasteiger partial charge < -0.3 is 15.2 Å². The first-order chi connectivity index (χ1) is 8.63. The van der Waals surface area contributed by atoms with Crippen molar-refractivity contribution in [3.8, 4) is 0 Å². The predicted octanol–water partition coefficient (Wildman–Crippen LogP) is 2.58. The fourth-order valence-electron chi connectivity index (χ4n) is 2.46. The van der Waals surface area contributed by atoms with E-state index in [4.69, 9.17) is 4.74 Å². The third-order valence-corrected chi connectivity index (χ3v) is 4.11. The van der Waals surface area contributed by atoms with Crippen LogP contribution in [-0.2, 0) is 4.74 Å². The summed E-state index contributed by atoms with van der Waals surface area (Å²) in [6.45, 7) is 8.77. The Kier molecular flexibility index (Phi) is 7.87. The number of nitrogens with one attached hydrogen (secondary N) is 1. The van der Waals surface area contributed by atoms with Gasteiger partial charge in [-0.05, 0) is 31.2 Å². The van der Waals surface area contributed by atoms with Gasteiger partial charge >= 0.3 is 0 Å². The monoisotopic (exact) mass is 257 g/mol. The molecule has 0 aromatic carbocycles. The summed E-state index contributed by atoms with van der Waals surface area (Å²) in [6, 6.07) is 0. The van der Waals surface area contributed by atoms with Crippen LogP contribution in [0.5, 0.6) is 0 Å². The lowest BCUT2D eigenvalue weighted by atomic mass is 9.88. The van der Waals surface area contributed by atoms with Crippen LogP contribution in [-0.4, -0.2) is 37.0 Å². The molecule has 0 saturated heterocycles. The van der Waals surface area contributed by atoms with Gasteiger partial charge in [-0.2, -0.15) is 0 Å². The van der Waals surface area contributed by atoms with Crippen LogP contribution in [0.15, 0.2) is 0 Å². The molecule has 1 aliphatic rings. The number of aliphatic hydroxyl groups is 1. The van der Waals surface area contributed by atoms with Crippen LogP contribution in [0.3, 0.4) is 0 Å². The van der Waals surface area contributed by atoms with E-state index in [1.165, 1.54) is 25.7 Å². The summed E-state index contributed by atoms with van der Waals surface area (Å²) in [6.07, 6.45) is 6.21. The van der Waals surface area contributed by atoms with E-state index < -0.39 is 0 Å². The highest BCUT2D eigenvalue weighted by Gasteiger charge is 2.22. The maximum Gasteiger partial charge on any atom is 0.0897 e. The van der Waals surface area contributed by atoms with Crippen LogP contribution >= 0.6 is 0 Å². The van der Waals surface area contributed by atoms with Gasteiger partial charge in [0, 0.05) is 6.54 Å². The third-order valence-electron chi connectivity index (χ3n) is 4.11. The highest BCUT2D eigenvalue weighted by Crippen LogP contribution is 2.26. The first kappa shape index (κ1) is 15.9. The van der Waals surface area contributed by atoms with E-state index in [1.807, 2.05) is 0 Å². The fraction of sp³-hybridized carbons (Fsp3) is 1.00. The molecule has 108 valence electrons. The second kappa shape index (κ2) is 8.89. The van der Waals surface area contributed by atoms with Crippen molar-refractivity contribution in [3.05, 3.63) is 0 Å². The summed E-state index contributed by atoms with van der Waals surface area (Å²) >= 11 is 0. The Balaban J connectivity index is 2.07. The second-order valence-corrected chi connectivity index (χ2v) is 5.96. The minimum atomic E-state index is -0.372. The van der Waals surface area contributed by atoms with Crippen molar-refractivity contribution in [1.29, 1.82) is 0 Å². The summed E-state index contributed by atoms with van der Waals surface area (Å²) in [4.78, 5) is 0. The number of rotatable bonds is 8. The van der Waals surface area contributed by atoms with Crippen LogP contribution in [0.25, 0.3) is 0 Å². The molecule has 2 N–H and O–H groups in total. The molecule has 1 aliphatic carbocycles. The van der Waals surface area contributed by atoms with E-state index in [9.17, 15) is 5.11 Å². The smallest absolute Gasteiger partial charge is 0.0897 e. The van der Waals surface area contributed by atoms with Crippen LogP contribution in [0, 0.1) is 11.8 Å². The Morgan fingerprint density at radius 1 is 1.28 bits per heavy atom. The fourth-order valence-corrected chi connectivity index (χ4v) is 2.46. The van der Waals surface area contributed by atoms with Gasteiger partial charge in [-0.1, -0.05) is 40.0 Å². The Labute approximate surface area is 112 Å². The molecule has 1 rings (SSSR count). The van der Waals surface area contributed by atoms with E-state index >= 15 is 0 Å². The average molecular weight is 257 g/mol. The average Bonchev–Trinajstić information content (AvgIpc) is 2.37. The van der Waals surface area contributed by atoms with E-state index in [0.29, 0.717) is 31.1 Å². The van der Waals surface area contributed by atoms with E-state index in [2.05, 4.69) is 26.1 Å². The van der Waals surface area contributed by atoms with Crippen LogP contribution < -0.4 is 5.32 Å². The molecule has 0 aromatic heterocycles. The summed E-state index contributed by atoms with van der Waals surface area (Å²) in [5.41, 5.74) is 0. The van der Waals surface area contributed by atoms with Crippen molar-refractivity contribution in [2.24, 2.45) is 11.8 Å². The summed E-state index contributed by atoms with van der Waals surface area (Å²) in [5, 5.41) is 13.2. The number of aliphatic hydroxyl groups excluding tert-OH is 1. The van der Waals surface area contributed by atoms with Gasteiger partial charge in [0.15, 0.2) is 0 Å². The lowest BCUT2D eigenvalue weighted by Gasteiger charge is -2.29. The topological polar surface area (TPSA) is 41.5 Å². The molecule has 0 spiro atoms. The molecule has 0 aromatic rings. The molecule has 1 fully saturated rings. The quantitative estimate of drug-likeness (QED) is 0.702. The van der Waals surface area contributed by atoms with Gasteiger partial charge in [-0.15, -0.1) is 0 Å². The number of hydrogen-bond donors (Lipinski definition) is 2. The molecule has 3 nitrogen and oxygen atoms in total. The zero-order chi connectivity index (χ0) is 13.4. The molecule has 4 unspecified atom stereocenters. The SMILES string of the molecule is CCC(C)CNCC(O)COC1CCCCC1C. The Morgan fingerprint density at radius 2 is 2.00 bits per heavy atom.